The van der Waals surface area contributed by atoms with E-state index < -0.39 is 0 Å². The van der Waals surface area contributed by atoms with Gasteiger partial charge in [-0.2, -0.15) is 0 Å². The standard InChI is InChI=1S/C20H29N5OS/c1-16-23-19(15-27-16)14-24(3)20(21-2)22-12-17-5-4-6-18(11-17)13-25-7-9-26-10-8-25/h4-6,11,15H,7-10,12-14H2,1-3H3,(H,21,22). The highest BCUT2D eigenvalue weighted by molar-refractivity contribution is 7.09. The summed E-state index contributed by atoms with van der Waals surface area (Å²) in [7, 11) is 3.86. The van der Waals surface area contributed by atoms with Crippen molar-refractivity contribution in [2.45, 2.75) is 26.6 Å². The monoisotopic (exact) mass is 387 g/mol. The number of nitrogens with zero attached hydrogens (tertiary/aromatic N) is 4. The summed E-state index contributed by atoms with van der Waals surface area (Å²) in [6.07, 6.45) is 0. The van der Waals surface area contributed by atoms with Crippen LogP contribution in [0.2, 0.25) is 0 Å². The number of thiazole rings is 1. The minimum absolute atomic E-state index is 0.751. The number of aliphatic imine (C=N–C) groups is 1. The predicted molar refractivity (Wildman–Crippen MR) is 111 cm³/mol. The quantitative estimate of drug-likeness (QED) is 0.610. The van der Waals surface area contributed by atoms with Gasteiger partial charge in [0.05, 0.1) is 30.5 Å². The highest BCUT2D eigenvalue weighted by atomic mass is 32.1. The van der Waals surface area contributed by atoms with Gasteiger partial charge in [0.25, 0.3) is 0 Å². The maximum absolute atomic E-state index is 5.43. The van der Waals surface area contributed by atoms with Gasteiger partial charge in [-0.3, -0.25) is 9.89 Å². The smallest absolute Gasteiger partial charge is 0.194 e. The Balaban J connectivity index is 1.53. The molecule has 0 atom stereocenters. The van der Waals surface area contributed by atoms with E-state index in [0.29, 0.717) is 0 Å². The first-order valence-electron chi connectivity index (χ1n) is 9.35. The van der Waals surface area contributed by atoms with Gasteiger partial charge in [-0.1, -0.05) is 24.3 Å². The van der Waals surface area contributed by atoms with E-state index in [4.69, 9.17) is 4.74 Å². The molecular weight excluding hydrogens is 358 g/mol. The van der Waals surface area contributed by atoms with Crippen LogP contribution in [0.1, 0.15) is 21.8 Å². The van der Waals surface area contributed by atoms with Gasteiger partial charge < -0.3 is 15.0 Å². The first-order chi connectivity index (χ1) is 13.1. The third-order valence-electron chi connectivity index (χ3n) is 4.59. The molecule has 6 nitrogen and oxygen atoms in total. The number of morpholine rings is 1. The Kier molecular flexibility index (Phi) is 7.20. The maximum atomic E-state index is 5.43. The molecule has 0 saturated carbocycles. The van der Waals surface area contributed by atoms with Gasteiger partial charge in [-0.25, -0.2) is 4.98 Å². The molecule has 1 fully saturated rings. The molecule has 0 amide bonds. The molecule has 2 heterocycles. The van der Waals surface area contributed by atoms with Gasteiger partial charge in [0.2, 0.25) is 0 Å². The second-order valence-electron chi connectivity index (χ2n) is 6.82. The number of aromatic nitrogens is 1. The van der Waals surface area contributed by atoms with Crippen LogP contribution in [0.3, 0.4) is 0 Å². The summed E-state index contributed by atoms with van der Waals surface area (Å²) >= 11 is 1.68. The van der Waals surface area contributed by atoms with E-state index >= 15 is 0 Å². The lowest BCUT2D eigenvalue weighted by molar-refractivity contribution is 0.0342. The van der Waals surface area contributed by atoms with Crippen molar-refractivity contribution in [1.29, 1.82) is 0 Å². The number of hydrogen-bond donors (Lipinski definition) is 1. The van der Waals surface area contributed by atoms with Gasteiger partial charge in [0.15, 0.2) is 5.96 Å². The molecule has 1 aliphatic heterocycles. The Morgan fingerprint density at radius 3 is 2.81 bits per heavy atom. The zero-order chi connectivity index (χ0) is 19.1. The molecule has 7 heteroatoms. The summed E-state index contributed by atoms with van der Waals surface area (Å²) in [5.41, 5.74) is 3.69. The number of rotatable bonds is 6. The van der Waals surface area contributed by atoms with Crippen molar-refractivity contribution < 1.29 is 4.74 Å². The number of ether oxygens (including phenoxy) is 1. The van der Waals surface area contributed by atoms with E-state index in [1.807, 2.05) is 21.0 Å². The third kappa shape index (κ3) is 6.02. The van der Waals surface area contributed by atoms with E-state index in [0.717, 1.165) is 62.6 Å². The highest BCUT2D eigenvalue weighted by Crippen LogP contribution is 2.11. The van der Waals surface area contributed by atoms with Crippen LogP contribution in [0, 0.1) is 6.92 Å². The lowest BCUT2D eigenvalue weighted by atomic mass is 10.1. The van der Waals surface area contributed by atoms with Crippen molar-refractivity contribution in [2.75, 3.05) is 40.4 Å². The van der Waals surface area contributed by atoms with Crippen LogP contribution in [-0.4, -0.2) is 61.1 Å². The Hall–Kier alpha value is -1.96. The first kappa shape index (κ1) is 19.8. The Bertz CT molecular complexity index is 754. The summed E-state index contributed by atoms with van der Waals surface area (Å²) in [6.45, 7) is 8.21. The topological polar surface area (TPSA) is 53.0 Å². The summed E-state index contributed by atoms with van der Waals surface area (Å²) in [6, 6.07) is 8.77. The Morgan fingerprint density at radius 2 is 2.11 bits per heavy atom. The SMILES string of the molecule is CN=C(NCc1cccc(CN2CCOCC2)c1)N(C)Cc1csc(C)n1. The van der Waals surface area contributed by atoms with E-state index in [-0.39, 0.29) is 0 Å². The molecule has 1 aromatic carbocycles. The Labute approximate surface area is 165 Å². The molecule has 0 aliphatic carbocycles. The number of benzene rings is 1. The van der Waals surface area contributed by atoms with E-state index in [2.05, 4.69) is 54.7 Å². The number of hydrogen-bond acceptors (Lipinski definition) is 5. The molecule has 0 unspecified atom stereocenters. The van der Waals surface area contributed by atoms with Crippen LogP contribution in [0.4, 0.5) is 0 Å². The van der Waals surface area contributed by atoms with E-state index in [9.17, 15) is 0 Å². The molecule has 0 radical (unpaired) electrons. The summed E-state index contributed by atoms with van der Waals surface area (Å²) < 4.78 is 5.43. The Morgan fingerprint density at radius 1 is 1.33 bits per heavy atom. The second kappa shape index (κ2) is 9.82. The van der Waals surface area contributed by atoms with Crippen LogP contribution in [0.15, 0.2) is 34.6 Å². The van der Waals surface area contributed by atoms with Gasteiger partial charge >= 0.3 is 0 Å². The minimum Gasteiger partial charge on any atom is -0.379 e. The number of nitrogens with one attached hydrogen (secondary N) is 1. The van der Waals surface area contributed by atoms with Crippen molar-refractivity contribution in [3.05, 3.63) is 51.5 Å². The number of aryl methyl sites for hydroxylation is 1. The summed E-state index contributed by atoms with van der Waals surface area (Å²) in [5.74, 6) is 0.874. The fourth-order valence-corrected chi connectivity index (χ4v) is 3.82. The lowest BCUT2D eigenvalue weighted by Gasteiger charge is -2.26. The van der Waals surface area contributed by atoms with Crippen LogP contribution in [-0.2, 0) is 24.4 Å². The van der Waals surface area contributed by atoms with Gasteiger partial charge in [-0.05, 0) is 18.1 Å². The molecule has 0 spiro atoms. The summed E-state index contributed by atoms with van der Waals surface area (Å²) in [5, 5.41) is 6.66. The molecule has 1 saturated heterocycles. The molecule has 1 N–H and O–H groups in total. The van der Waals surface area contributed by atoms with Gasteiger partial charge in [-0.15, -0.1) is 11.3 Å². The van der Waals surface area contributed by atoms with Gasteiger partial charge in [0, 0.05) is 45.7 Å². The average molecular weight is 388 g/mol. The van der Waals surface area contributed by atoms with Crippen molar-refractivity contribution in [1.82, 2.24) is 20.1 Å². The van der Waals surface area contributed by atoms with Crippen LogP contribution < -0.4 is 5.32 Å². The highest BCUT2D eigenvalue weighted by Gasteiger charge is 2.11. The second-order valence-corrected chi connectivity index (χ2v) is 7.89. The molecule has 146 valence electrons. The normalized spacial score (nSPS) is 15.7. The van der Waals surface area contributed by atoms with Crippen molar-refractivity contribution in [2.24, 2.45) is 4.99 Å². The van der Waals surface area contributed by atoms with E-state index in [1.54, 1.807) is 11.3 Å². The molecule has 27 heavy (non-hydrogen) atoms. The molecular formula is C20H29N5OS. The van der Waals surface area contributed by atoms with Gasteiger partial charge in [0.1, 0.15) is 0 Å². The maximum Gasteiger partial charge on any atom is 0.194 e. The summed E-state index contributed by atoms with van der Waals surface area (Å²) in [4.78, 5) is 13.5. The van der Waals surface area contributed by atoms with Crippen molar-refractivity contribution >= 4 is 17.3 Å². The molecule has 0 bridgehead atoms. The van der Waals surface area contributed by atoms with E-state index in [1.165, 1.54) is 11.1 Å². The number of guanidine groups is 1. The lowest BCUT2D eigenvalue weighted by Crippen LogP contribution is -2.38. The minimum atomic E-state index is 0.751. The molecule has 3 rings (SSSR count). The average Bonchev–Trinajstić information content (AvgIpc) is 3.08. The molecule has 2 aromatic rings. The zero-order valence-electron chi connectivity index (χ0n) is 16.4. The largest absolute Gasteiger partial charge is 0.379 e. The fraction of sp³-hybridized carbons (Fsp3) is 0.500. The van der Waals surface area contributed by atoms with Crippen LogP contribution >= 0.6 is 11.3 Å². The van der Waals surface area contributed by atoms with Crippen molar-refractivity contribution in [3.8, 4) is 0 Å². The van der Waals surface area contributed by atoms with Crippen LogP contribution in [0.5, 0.6) is 0 Å². The van der Waals surface area contributed by atoms with Crippen LogP contribution in [0.25, 0.3) is 0 Å². The molecule has 1 aromatic heterocycles. The first-order valence-corrected chi connectivity index (χ1v) is 10.2. The third-order valence-corrected chi connectivity index (χ3v) is 5.41. The fourth-order valence-electron chi connectivity index (χ4n) is 3.22. The molecule has 1 aliphatic rings. The predicted octanol–water partition coefficient (Wildman–Crippen LogP) is 2.49. The van der Waals surface area contributed by atoms with Crippen molar-refractivity contribution in [3.63, 3.8) is 0 Å². The zero-order valence-corrected chi connectivity index (χ0v) is 17.3.